The van der Waals surface area contributed by atoms with Gasteiger partial charge in [0.05, 0.1) is 37.2 Å². The van der Waals surface area contributed by atoms with Crippen molar-refractivity contribution in [1.82, 2.24) is 19.7 Å². The third kappa shape index (κ3) is 3.70. The minimum atomic E-state index is -0.203. The van der Waals surface area contributed by atoms with E-state index in [1.54, 1.807) is 13.8 Å². The summed E-state index contributed by atoms with van der Waals surface area (Å²) < 4.78 is 13.3. The van der Waals surface area contributed by atoms with Crippen molar-refractivity contribution in [3.05, 3.63) is 70.2 Å². The fraction of sp³-hybridized carbons (Fsp3) is 0.409. The number of aryl methyl sites for hydroxylation is 3. The minimum Gasteiger partial charge on any atom is -0.436 e. The van der Waals surface area contributed by atoms with Gasteiger partial charge in [0.25, 0.3) is 5.91 Å². The molecule has 1 aromatic carbocycles. The fourth-order valence-electron chi connectivity index (χ4n) is 4.05. The maximum absolute atomic E-state index is 13.2. The molecule has 0 radical (unpaired) electrons. The van der Waals surface area contributed by atoms with Crippen LogP contribution in [-0.2, 0) is 11.3 Å². The molecular formula is C22H26N4O3. The van der Waals surface area contributed by atoms with E-state index in [2.05, 4.69) is 24.0 Å². The number of nitrogens with zero attached hydrogens (tertiary/aromatic N) is 4. The molecule has 0 N–H and O–H groups in total. The monoisotopic (exact) mass is 394 g/mol. The summed E-state index contributed by atoms with van der Waals surface area (Å²) in [4.78, 5) is 19.3. The first kappa shape index (κ1) is 19.4. The van der Waals surface area contributed by atoms with E-state index in [1.807, 2.05) is 34.7 Å². The number of carbonyl (C=O) groups excluding carboxylic acids is 1. The topological polar surface area (TPSA) is 73.4 Å². The molecular weight excluding hydrogens is 368 g/mol. The van der Waals surface area contributed by atoms with Crippen molar-refractivity contribution in [3.63, 3.8) is 0 Å². The number of hydrogen-bond acceptors (Lipinski definition) is 5. The van der Waals surface area contributed by atoms with Crippen LogP contribution in [0.5, 0.6) is 0 Å². The molecule has 1 fully saturated rings. The van der Waals surface area contributed by atoms with Crippen LogP contribution in [0, 0.1) is 27.7 Å². The predicted octanol–water partition coefficient (Wildman–Crippen LogP) is 3.37. The molecule has 0 bridgehead atoms. The average molecular weight is 394 g/mol. The second kappa shape index (κ2) is 7.83. The molecule has 7 heteroatoms. The Kier molecular flexibility index (Phi) is 5.24. The quantitative estimate of drug-likeness (QED) is 0.678. The van der Waals surface area contributed by atoms with Gasteiger partial charge in [-0.2, -0.15) is 5.10 Å². The van der Waals surface area contributed by atoms with Gasteiger partial charge in [-0.15, -0.1) is 0 Å². The van der Waals surface area contributed by atoms with E-state index in [9.17, 15) is 4.79 Å². The van der Waals surface area contributed by atoms with Gasteiger partial charge >= 0.3 is 0 Å². The largest absolute Gasteiger partial charge is 0.436 e. The van der Waals surface area contributed by atoms with Gasteiger partial charge in [-0.3, -0.25) is 9.48 Å². The number of aromatic nitrogens is 3. The molecule has 1 atom stereocenters. The Hall–Kier alpha value is -2.93. The highest BCUT2D eigenvalue weighted by Crippen LogP contribution is 2.31. The summed E-state index contributed by atoms with van der Waals surface area (Å²) in [5, 5.41) is 4.76. The van der Waals surface area contributed by atoms with Crippen LogP contribution in [0.3, 0.4) is 0 Å². The van der Waals surface area contributed by atoms with Gasteiger partial charge in [-0.05, 0) is 26.3 Å². The van der Waals surface area contributed by atoms with E-state index in [0.29, 0.717) is 43.6 Å². The number of morpholine rings is 1. The molecule has 29 heavy (non-hydrogen) atoms. The van der Waals surface area contributed by atoms with Crippen molar-refractivity contribution < 1.29 is 13.9 Å². The van der Waals surface area contributed by atoms with Crippen molar-refractivity contribution in [3.8, 4) is 0 Å². The molecule has 1 amide bonds. The Morgan fingerprint density at radius 3 is 2.59 bits per heavy atom. The summed E-state index contributed by atoms with van der Waals surface area (Å²) in [5.74, 6) is 0.658. The lowest BCUT2D eigenvalue weighted by molar-refractivity contribution is -0.00471. The van der Waals surface area contributed by atoms with E-state index >= 15 is 0 Å². The van der Waals surface area contributed by atoms with E-state index in [0.717, 1.165) is 17.0 Å². The third-order valence-corrected chi connectivity index (χ3v) is 5.43. The Labute approximate surface area is 170 Å². The number of ether oxygens (including phenoxy) is 1. The van der Waals surface area contributed by atoms with Crippen molar-refractivity contribution in [2.45, 2.75) is 40.3 Å². The van der Waals surface area contributed by atoms with Crippen LogP contribution in [0.4, 0.5) is 0 Å². The molecule has 3 aromatic rings. The molecule has 0 aliphatic carbocycles. The van der Waals surface area contributed by atoms with Gasteiger partial charge in [0, 0.05) is 24.7 Å². The molecule has 0 saturated carbocycles. The molecule has 1 saturated heterocycles. The van der Waals surface area contributed by atoms with Gasteiger partial charge in [0.1, 0.15) is 0 Å². The number of oxazole rings is 1. The third-order valence-electron chi connectivity index (χ3n) is 5.43. The van der Waals surface area contributed by atoms with Crippen LogP contribution in [-0.4, -0.2) is 45.3 Å². The molecule has 4 rings (SSSR count). The summed E-state index contributed by atoms with van der Waals surface area (Å²) in [7, 11) is 0. The number of benzene rings is 1. The maximum Gasteiger partial charge on any atom is 0.292 e. The van der Waals surface area contributed by atoms with Crippen molar-refractivity contribution in [2.24, 2.45) is 0 Å². The lowest BCUT2D eigenvalue weighted by atomic mass is 10.0. The second-order valence-electron chi connectivity index (χ2n) is 7.46. The lowest BCUT2D eigenvalue weighted by Crippen LogP contribution is -2.44. The average Bonchev–Trinajstić information content (AvgIpc) is 3.19. The van der Waals surface area contributed by atoms with Gasteiger partial charge < -0.3 is 14.1 Å². The van der Waals surface area contributed by atoms with E-state index in [4.69, 9.17) is 14.3 Å². The zero-order valence-corrected chi connectivity index (χ0v) is 17.3. The predicted molar refractivity (Wildman–Crippen MR) is 108 cm³/mol. The van der Waals surface area contributed by atoms with Gasteiger partial charge in [-0.25, -0.2) is 4.98 Å². The normalized spacial score (nSPS) is 17.0. The molecule has 152 valence electrons. The molecule has 0 unspecified atom stereocenters. The van der Waals surface area contributed by atoms with E-state index < -0.39 is 0 Å². The van der Waals surface area contributed by atoms with Crippen molar-refractivity contribution >= 4 is 5.91 Å². The van der Waals surface area contributed by atoms with E-state index in [-0.39, 0.29) is 11.9 Å². The first-order valence-electron chi connectivity index (χ1n) is 9.86. The zero-order chi connectivity index (χ0) is 20.5. The molecule has 3 heterocycles. The minimum absolute atomic E-state index is 0.147. The molecule has 1 aliphatic heterocycles. The lowest BCUT2D eigenvalue weighted by Gasteiger charge is -2.35. The number of hydrogen-bond donors (Lipinski definition) is 0. The highest BCUT2D eigenvalue weighted by atomic mass is 16.5. The number of rotatable bonds is 4. The highest BCUT2D eigenvalue weighted by molar-refractivity contribution is 5.93. The van der Waals surface area contributed by atoms with Crippen molar-refractivity contribution in [2.75, 3.05) is 19.8 Å². The summed E-state index contributed by atoms with van der Waals surface area (Å²) in [5.41, 5.74) is 4.81. The van der Waals surface area contributed by atoms with Crippen LogP contribution >= 0.6 is 0 Å². The van der Waals surface area contributed by atoms with Gasteiger partial charge in [-0.1, -0.05) is 30.3 Å². The Morgan fingerprint density at radius 1 is 1.14 bits per heavy atom. The first-order valence-corrected chi connectivity index (χ1v) is 9.86. The summed E-state index contributed by atoms with van der Waals surface area (Å²) in [6.07, 6.45) is 0. The molecule has 1 aliphatic rings. The van der Waals surface area contributed by atoms with Crippen LogP contribution in [0.25, 0.3) is 0 Å². The van der Waals surface area contributed by atoms with Crippen LogP contribution in [0.15, 0.2) is 34.7 Å². The van der Waals surface area contributed by atoms with Crippen LogP contribution < -0.4 is 0 Å². The number of carbonyl (C=O) groups is 1. The standard InChI is InChI=1S/C22H26N4O3/c1-14-20(16(3)26(24-14)12-18-8-6-5-7-9-18)19-13-28-11-10-25(19)22(27)21-15(2)23-17(4)29-21/h5-9,19H,10-13H2,1-4H3/t19-/m0/s1. The smallest absolute Gasteiger partial charge is 0.292 e. The first-order chi connectivity index (χ1) is 14.0. The Morgan fingerprint density at radius 2 is 1.90 bits per heavy atom. The fourth-order valence-corrected chi connectivity index (χ4v) is 4.05. The molecule has 0 spiro atoms. The van der Waals surface area contributed by atoms with Crippen LogP contribution in [0.2, 0.25) is 0 Å². The van der Waals surface area contributed by atoms with Gasteiger partial charge in [0.2, 0.25) is 5.76 Å². The number of amides is 1. The van der Waals surface area contributed by atoms with Gasteiger partial charge in [0.15, 0.2) is 5.89 Å². The van der Waals surface area contributed by atoms with E-state index in [1.165, 1.54) is 5.56 Å². The maximum atomic E-state index is 13.2. The SMILES string of the molecule is Cc1nc(C)c(C(=O)N2CCOC[C@H]2c2c(C)nn(Cc3ccccc3)c2C)o1. The highest BCUT2D eigenvalue weighted by Gasteiger charge is 2.35. The Balaban J connectivity index is 1.67. The molecule has 2 aromatic heterocycles. The Bertz CT molecular complexity index is 1020. The summed E-state index contributed by atoms with van der Waals surface area (Å²) in [6.45, 7) is 9.74. The zero-order valence-electron chi connectivity index (χ0n) is 17.3. The molecule has 7 nitrogen and oxygen atoms in total. The van der Waals surface area contributed by atoms with Crippen molar-refractivity contribution in [1.29, 1.82) is 0 Å². The second-order valence-corrected chi connectivity index (χ2v) is 7.46. The summed E-state index contributed by atoms with van der Waals surface area (Å²) in [6, 6.07) is 10.0. The summed E-state index contributed by atoms with van der Waals surface area (Å²) >= 11 is 0. The van der Waals surface area contributed by atoms with Crippen LogP contribution in [0.1, 0.15) is 50.7 Å².